The molecule has 2 heteroatoms. The van der Waals surface area contributed by atoms with Gasteiger partial charge in [0.05, 0.1) is 0 Å². The second-order valence-corrected chi connectivity index (χ2v) is 3.37. The van der Waals surface area contributed by atoms with E-state index < -0.39 is 0 Å². The molecule has 0 saturated heterocycles. The zero-order valence-electron chi connectivity index (χ0n) is 7.34. The number of benzene rings is 1. The maximum Gasteiger partial charge on any atom is 0.130 e. The molecule has 0 saturated carbocycles. The Balaban J connectivity index is 2.86. The lowest BCUT2D eigenvalue weighted by Crippen LogP contribution is -1.96. The van der Waals surface area contributed by atoms with Crippen LogP contribution in [-0.2, 0) is 6.42 Å². The zero-order valence-corrected chi connectivity index (χ0v) is 7.34. The number of halogens is 1. The SMILES string of the molecule is CC(C)Cc1ccc(O)cc1F. The predicted molar refractivity (Wildman–Crippen MR) is 46.6 cm³/mol. The molecule has 0 spiro atoms. The Kier molecular flexibility index (Phi) is 2.69. The minimum atomic E-state index is -0.316. The first kappa shape index (κ1) is 9.04. The number of hydrogen-bond acceptors (Lipinski definition) is 1. The standard InChI is InChI=1S/C10H13FO/c1-7(2)5-8-3-4-9(12)6-10(8)11/h3-4,6-7,12H,5H2,1-2H3. The Hall–Kier alpha value is -1.05. The van der Waals surface area contributed by atoms with E-state index in [4.69, 9.17) is 5.11 Å². The van der Waals surface area contributed by atoms with Crippen LogP contribution in [0.15, 0.2) is 18.2 Å². The highest BCUT2D eigenvalue weighted by atomic mass is 19.1. The summed E-state index contributed by atoms with van der Waals surface area (Å²) in [4.78, 5) is 0. The lowest BCUT2D eigenvalue weighted by molar-refractivity contribution is 0.466. The fourth-order valence-electron chi connectivity index (χ4n) is 1.14. The van der Waals surface area contributed by atoms with Crippen molar-refractivity contribution < 1.29 is 9.50 Å². The van der Waals surface area contributed by atoms with E-state index in [2.05, 4.69) is 0 Å². The Morgan fingerprint density at radius 3 is 2.58 bits per heavy atom. The molecule has 1 nitrogen and oxygen atoms in total. The van der Waals surface area contributed by atoms with E-state index in [1.807, 2.05) is 13.8 Å². The molecule has 1 rings (SSSR count). The third-order valence-electron chi connectivity index (χ3n) is 1.66. The molecule has 0 fully saturated rings. The highest BCUT2D eigenvalue weighted by Gasteiger charge is 2.04. The summed E-state index contributed by atoms with van der Waals surface area (Å²) in [5.41, 5.74) is 0.669. The van der Waals surface area contributed by atoms with Gasteiger partial charge in [-0.15, -0.1) is 0 Å². The lowest BCUT2D eigenvalue weighted by Gasteiger charge is -2.05. The second-order valence-electron chi connectivity index (χ2n) is 3.37. The van der Waals surface area contributed by atoms with Gasteiger partial charge in [-0.2, -0.15) is 0 Å². The molecular weight excluding hydrogens is 155 g/mol. The summed E-state index contributed by atoms with van der Waals surface area (Å²) in [6.07, 6.45) is 0.714. The molecule has 0 aliphatic carbocycles. The van der Waals surface area contributed by atoms with Crippen LogP contribution in [0.4, 0.5) is 4.39 Å². The van der Waals surface area contributed by atoms with Gasteiger partial charge in [0, 0.05) is 6.07 Å². The van der Waals surface area contributed by atoms with Gasteiger partial charge in [-0.25, -0.2) is 4.39 Å². The van der Waals surface area contributed by atoms with Crippen molar-refractivity contribution in [2.24, 2.45) is 5.92 Å². The maximum atomic E-state index is 13.1. The number of phenolic OH excluding ortho intramolecular Hbond substituents is 1. The van der Waals surface area contributed by atoms with Gasteiger partial charge < -0.3 is 5.11 Å². The quantitative estimate of drug-likeness (QED) is 0.719. The van der Waals surface area contributed by atoms with Gasteiger partial charge in [-0.05, 0) is 24.0 Å². The van der Waals surface area contributed by atoms with Crippen LogP contribution in [0.25, 0.3) is 0 Å². The highest BCUT2D eigenvalue weighted by Crippen LogP contribution is 2.17. The minimum absolute atomic E-state index is 0.0139. The van der Waals surface area contributed by atoms with Gasteiger partial charge in [0.25, 0.3) is 0 Å². The monoisotopic (exact) mass is 168 g/mol. The Morgan fingerprint density at radius 1 is 1.42 bits per heavy atom. The molecular formula is C10H13FO. The van der Waals surface area contributed by atoms with E-state index in [1.54, 1.807) is 6.07 Å². The van der Waals surface area contributed by atoms with Crippen molar-refractivity contribution in [2.75, 3.05) is 0 Å². The molecule has 0 heterocycles. The van der Waals surface area contributed by atoms with Crippen LogP contribution in [0, 0.1) is 11.7 Å². The van der Waals surface area contributed by atoms with Crippen molar-refractivity contribution in [1.82, 2.24) is 0 Å². The number of hydrogen-bond donors (Lipinski definition) is 1. The molecule has 1 aromatic carbocycles. The van der Waals surface area contributed by atoms with E-state index in [-0.39, 0.29) is 11.6 Å². The summed E-state index contributed by atoms with van der Waals surface area (Å²) in [6.45, 7) is 4.07. The number of phenols is 1. The first-order valence-electron chi connectivity index (χ1n) is 4.07. The summed E-state index contributed by atoms with van der Waals surface area (Å²) in [5.74, 6) is 0.104. The second kappa shape index (κ2) is 3.57. The van der Waals surface area contributed by atoms with Gasteiger partial charge in [0.2, 0.25) is 0 Å². The van der Waals surface area contributed by atoms with Gasteiger partial charge in [-0.3, -0.25) is 0 Å². The largest absolute Gasteiger partial charge is 0.508 e. The average molecular weight is 168 g/mol. The molecule has 0 aliphatic rings. The lowest BCUT2D eigenvalue weighted by atomic mass is 10.0. The predicted octanol–water partition coefficient (Wildman–Crippen LogP) is 2.73. The van der Waals surface area contributed by atoms with Gasteiger partial charge >= 0.3 is 0 Å². The first-order chi connectivity index (χ1) is 5.59. The van der Waals surface area contributed by atoms with Crippen LogP contribution in [-0.4, -0.2) is 5.11 Å². The average Bonchev–Trinajstić information content (AvgIpc) is 1.94. The molecule has 0 aromatic heterocycles. The van der Waals surface area contributed by atoms with E-state index >= 15 is 0 Å². The molecule has 1 N–H and O–H groups in total. The van der Waals surface area contributed by atoms with Crippen LogP contribution in [0.1, 0.15) is 19.4 Å². The Labute approximate surface area is 71.9 Å². The molecule has 0 amide bonds. The summed E-state index contributed by atoms with van der Waals surface area (Å²) < 4.78 is 13.1. The third-order valence-corrected chi connectivity index (χ3v) is 1.66. The molecule has 0 atom stereocenters. The fraction of sp³-hybridized carbons (Fsp3) is 0.400. The molecule has 0 radical (unpaired) electrons. The topological polar surface area (TPSA) is 20.2 Å². The Morgan fingerprint density at radius 2 is 2.08 bits per heavy atom. The summed E-state index contributed by atoms with van der Waals surface area (Å²) in [5, 5.41) is 8.93. The van der Waals surface area contributed by atoms with Crippen LogP contribution in [0.5, 0.6) is 5.75 Å². The van der Waals surface area contributed by atoms with Crippen LogP contribution in [0.3, 0.4) is 0 Å². The smallest absolute Gasteiger partial charge is 0.130 e. The fourth-order valence-corrected chi connectivity index (χ4v) is 1.14. The molecule has 12 heavy (non-hydrogen) atoms. The van der Waals surface area contributed by atoms with Crippen molar-refractivity contribution in [3.63, 3.8) is 0 Å². The van der Waals surface area contributed by atoms with Crippen LogP contribution < -0.4 is 0 Å². The summed E-state index contributed by atoms with van der Waals surface area (Å²) >= 11 is 0. The molecule has 0 unspecified atom stereocenters. The summed E-state index contributed by atoms with van der Waals surface area (Å²) in [7, 11) is 0. The molecule has 66 valence electrons. The number of aromatic hydroxyl groups is 1. The number of rotatable bonds is 2. The van der Waals surface area contributed by atoms with E-state index in [1.165, 1.54) is 6.07 Å². The molecule has 1 aromatic rings. The van der Waals surface area contributed by atoms with Crippen molar-refractivity contribution in [3.05, 3.63) is 29.6 Å². The third kappa shape index (κ3) is 2.22. The first-order valence-corrected chi connectivity index (χ1v) is 4.07. The minimum Gasteiger partial charge on any atom is -0.508 e. The molecule has 0 bridgehead atoms. The Bertz CT molecular complexity index is 269. The van der Waals surface area contributed by atoms with Crippen molar-refractivity contribution >= 4 is 0 Å². The summed E-state index contributed by atoms with van der Waals surface area (Å²) in [6, 6.07) is 4.29. The van der Waals surface area contributed by atoms with Gasteiger partial charge in [-0.1, -0.05) is 19.9 Å². The van der Waals surface area contributed by atoms with Crippen molar-refractivity contribution in [2.45, 2.75) is 20.3 Å². The van der Waals surface area contributed by atoms with Crippen molar-refractivity contribution in [1.29, 1.82) is 0 Å². The van der Waals surface area contributed by atoms with Gasteiger partial charge in [0.15, 0.2) is 0 Å². The van der Waals surface area contributed by atoms with Crippen LogP contribution in [0.2, 0.25) is 0 Å². The van der Waals surface area contributed by atoms with Crippen LogP contribution >= 0.6 is 0 Å². The van der Waals surface area contributed by atoms with E-state index in [9.17, 15) is 4.39 Å². The maximum absolute atomic E-state index is 13.1. The molecule has 0 aliphatic heterocycles. The normalized spacial score (nSPS) is 10.7. The van der Waals surface area contributed by atoms with E-state index in [0.29, 0.717) is 17.9 Å². The highest BCUT2D eigenvalue weighted by molar-refractivity contribution is 5.27. The van der Waals surface area contributed by atoms with Gasteiger partial charge in [0.1, 0.15) is 11.6 Å². The van der Waals surface area contributed by atoms with Crippen molar-refractivity contribution in [3.8, 4) is 5.75 Å². The zero-order chi connectivity index (χ0) is 9.14. The van der Waals surface area contributed by atoms with E-state index in [0.717, 1.165) is 6.07 Å².